The van der Waals surface area contributed by atoms with E-state index in [1.165, 1.54) is 5.37 Å². The molecule has 25 heavy (non-hydrogen) atoms. The van der Waals surface area contributed by atoms with Crippen molar-refractivity contribution >= 4 is 39.2 Å². The zero-order valence-corrected chi connectivity index (χ0v) is 14.8. The Morgan fingerprint density at radius 2 is 2.08 bits per heavy atom. The first-order valence-corrected chi connectivity index (χ1v) is 8.70. The van der Waals surface area contributed by atoms with Gasteiger partial charge in [0, 0.05) is 18.2 Å². The number of cyclic esters (lactones) is 1. The molecule has 2 atom stereocenters. The van der Waals surface area contributed by atoms with Crippen LogP contribution in [0, 0.1) is 0 Å². The van der Waals surface area contributed by atoms with Crippen molar-refractivity contribution in [3.05, 3.63) is 36.4 Å². The third-order valence-corrected chi connectivity index (χ3v) is 4.40. The minimum Gasteiger partial charge on any atom is -0.486 e. The minimum atomic E-state index is -0.360. The zero-order chi connectivity index (χ0) is 17.8. The van der Waals surface area contributed by atoms with E-state index < -0.39 is 0 Å². The molecule has 7 heteroatoms. The quantitative estimate of drug-likeness (QED) is 0.740. The summed E-state index contributed by atoms with van der Waals surface area (Å²) in [6.45, 7) is 2.67. The number of rotatable bonds is 6. The molecule has 2 aromatic rings. The van der Waals surface area contributed by atoms with Gasteiger partial charge < -0.3 is 14.2 Å². The maximum Gasteiger partial charge on any atom is 0.414 e. The lowest BCUT2D eigenvalue weighted by molar-refractivity contribution is 0.0718. The summed E-state index contributed by atoms with van der Waals surface area (Å²) in [5, 5.41) is 3.47. The average molecular weight is 361 g/mol. The molecule has 0 aliphatic carbocycles. The largest absolute Gasteiger partial charge is 0.486 e. The van der Waals surface area contributed by atoms with Crippen molar-refractivity contribution in [2.24, 2.45) is 0 Å². The van der Waals surface area contributed by atoms with Gasteiger partial charge >= 0.3 is 6.09 Å². The number of amides is 1. The number of hydrogen-bond donors (Lipinski definition) is 0. The Balaban J connectivity index is 1.81. The number of nitrogens with zero attached hydrogens (tertiary/aromatic N) is 1. The number of anilines is 1. The predicted molar refractivity (Wildman–Crippen MR) is 97.7 cm³/mol. The molecule has 1 aliphatic rings. The molecule has 0 saturated carbocycles. The van der Waals surface area contributed by atoms with Gasteiger partial charge in [-0.05, 0) is 42.0 Å². The van der Waals surface area contributed by atoms with E-state index in [1.807, 2.05) is 43.3 Å². The zero-order valence-electron chi connectivity index (χ0n) is 14.0. The van der Waals surface area contributed by atoms with Gasteiger partial charge in [-0.3, -0.25) is 4.90 Å². The molecular weight excluding hydrogens is 342 g/mol. The molecule has 1 fully saturated rings. The number of fused-ring (bicyclic) bond motifs is 1. The molecule has 0 radical (unpaired) electrons. The second-order valence-electron chi connectivity index (χ2n) is 5.82. The van der Waals surface area contributed by atoms with E-state index >= 15 is 0 Å². The fourth-order valence-corrected chi connectivity index (χ4v) is 2.99. The molecule has 6 nitrogen and oxygen atoms in total. The molecule has 2 aromatic carbocycles. The van der Waals surface area contributed by atoms with E-state index in [-0.39, 0.29) is 18.3 Å². The fraction of sp³-hybridized carbons (Fsp3) is 0.333. The third-order valence-electron chi connectivity index (χ3n) is 3.90. The van der Waals surface area contributed by atoms with Gasteiger partial charge in [-0.25, -0.2) is 9.00 Å². The van der Waals surface area contributed by atoms with Crippen LogP contribution in [0.15, 0.2) is 36.4 Å². The average Bonchev–Trinajstić information content (AvgIpc) is 2.95. The van der Waals surface area contributed by atoms with E-state index in [4.69, 9.17) is 14.2 Å². The topological polar surface area (TPSA) is 65.1 Å². The van der Waals surface area contributed by atoms with Gasteiger partial charge in [-0.1, -0.05) is 12.1 Å². The Kier molecular flexibility index (Phi) is 5.35. The molecule has 3 rings (SSSR count). The Labute approximate surface area is 149 Å². The van der Waals surface area contributed by atoms with E-state index in [1.54, 1.807) is 12.0 Å². The van der Waals surface area contributed by atoms with Crippen molar-refractivity contribution in [1.29, 1.82) is 0 Å². The smallest absolute Gasteiger partial charge is 0.414 e. The molecule has 1 heterocycles. The first-order chi connectivity index (χ1) is 12.1. The van der Waals surface area contributed by atoms with Crippen molar-refractivity contribution in [3.8, 4) is 5.75 Å². The third kappa shape index (κ3) is 4.00. The van der Waals surface area contributed by atoms with E-state index in [0.29, 0.717) is 30.2 Å². The lowest BCUT2D eigenvalue weighted by atomic mass is 10.1. The summed E-state index contributed by atoms with van der Waals surface area (Å²) < 4.78 is 26.5. The van der Waals surface area contributed by atoms with E-state index in [9.17, 15) is 9.00 Å². The lowest BCUT2D eigenvalue weighted by Crippen LogP contribution is -2.25. The van der Waals surface area contributed by atoms with Crippen LogP contribution in [0.2, 0.25) is 0 Å². The molecule has 132 valence electrons. The van der Waals surface area contributed by atoms with Crippen molar-refractivity contribution in [1.82, 2.24) is 0 Å². The van der Waals surface area contributed by atoms with Crippen molar-refractivity contribution < 1.29 is 23.2 Å². The summed E-state index contributed by atoms with van der Waals surface area (Å²) in [5.41, 5.74) is 0.786. The van der Waals surface area contributed by atoms with Gasteiger partial charge in [0.15, 0.2) is 0 Å². The molecule has 1 saturated heterocycles. The highest BCUT2D eigenvalue weighted by molar-refractivity contribution is 7.64. The number of carbonyl (C=O) groups is 1. The summed E-state index contributed by atoms with van der Waals surface area (Å²) in [6, 6.07) is 11.4. The second kappa shape index (κ2) is 7.67. The number of ether oxygens (including phenoxy) is 3. The van der Waals surface area contributed by atoms with Crippen LogP contribution in [0.4, 0.5) is 10.5 Å². The maximum absolute atomic E-state index is 12.0. The van der Waals surface area contributed by atoms with Crippen LogP contribution in [0.3, 0.4) is 0 Å². The Hall–Kier alpha value is -2.38. The summed E-state index contributed by atoms with van der Waals surface area (Å²) in [7, 11) is 1.58. The molecule has 0 bridgehead atoms. The van der Waals surface area contributed by atoms with Crippen molar-refractivity contribution in [2.75, 3.05) is 25.2 Å². The molecular formula is C18H19NO5S. The first kappa shape index (κ1) is 17.4. The first-order valence-electron chi connectivity index (χ1n) is 7.90. The SMILES string of the molecule is COCC1CN(c2ccc3cc(OC(C)C=S=O)ccc3c2)C(=O)O1. The highest BCUT2D eigenvalue weighted by Gasteiger charge is 2.32. The number of carbonyl (C=O) groups excluding carboxylic acids is 1. The van der Waals surface area contributed by atoms with Crippen LogP contribution in [0.1, 0.15) is 6.92 Å². The van der Waals surface area contributed by atoms with Crippen molar-refractivity contribution in [2.45, 2.75) is 19.1 Å². The lowest BCUT2D eigenvalue weighted by Gasteiger charge is -2.15. The van der Waals surface area contributed by atoms with Gasteiger partial charge in [0.25, 0.3) is 0 Å². The highest BCUT2D eigenvalue weighted by atomic mass is 32.1. The maximum atomic E-state index is 12.0. The number of methoxy groups -OCH3 is 1. The van der Waals surface area contributed by atoms with Gasteiger partial charge in [-0.15, -0.1) is 0 Å². The van der Waals surface area contributed by atoms with Crippen LogP contribution in [-0.2, 0) is 20.7 Å². The van der Waals surface area contributed by atoms with E-state index in [0.717, 1.165) is 16.5 Å². The number of benzene rings is 2. The summed E-state index contributed by atoms with van der Waals surface area (Å²) in [5.74, 6) is 0.693. The van der Waals surface area contributed by atoms with Gasteiger partial charge in [-0.2, -0.15) is 0 Å². The Morgan fingerprint density at radius 1 is 1.32 bits per heavy atom. The Morgan fingerprint density at radius 3 is 2.84 bits per heavy atom. The van der Waals surface area contributed by atoms with Crippen LogP contribution in [0.5, 0.6) is 5.75 Å². The normalized spacial score (nSPS) is 18.1. The molecule has 1 aliphatic heterocycles. The van der Waals surface area contributed by atoms with Crippen LogP contribution < -0.4 is 9.64 Å². The monoisotopic (exact) mass is 361 g/mol. The highest BCUT2D eigenvalue weighted by Crippen LogP contribution is 2.28. The second-order valence-corrected chi connectivity index (χ2v) is 6.28. The standard InChI is InChI=1S/C18H19NO5S/c1-12(11-25-21)23-16-6-4-13-7-15(5-3-14(13)8-16)19-9-17(10-22-2)24-18(19)20/h3-8,11-12,17H,9-10H2,1-2H3. The van der Waals surface area contributed by atoms with Crippen molar-refractivity contribution in [3.63, 3.8) is 0 Å². The molecule has 2 unspecified atom stereocenters. The summed E-state index contributed by atoms with van der Waals surface area (Å²) in [4.78, 5) is 13.6. The predicted octanol–water partition coefficient (Wildman–Crippen LogP) is 2.59. The van der Waals surface area contributed by atoms with E-state index in [2.05, 4.69) is 0 Å². The molecule has 0 aromatic heterocycles. The molecule has 0 N–H and O–H groups in total. The van der Waals surface area contributed by atoms with Crippen LogP contribution in [-0.4, -0.2) is 48.1 Å². The van der Waals surface area contributed by atoms with Gasteiger partial charge in [0.2, 0.25) is 0 Å². The van der Waals surface area contributed by atoms with Crippen LogP contribution >= 0.6 is 0 Å². The van der Waals surface area contributed by atoms with Gasteiger partial charge in [0.1, 0.15) is 18.0 Å². The van der Waals surface area contributed by atoms with Gasteiger partial charge in [0.05, 0.1) is 24.4 Å². The summed E-state index contributed by atoms with van der Waals surface area (Å²) in [6.07, 6.45) is -0.877. The number of hydrogen-bond acceptors (Lipinski definition) is 5. The molecule has 1 amide bonds. The minimum absolute atomic E-state index is 0.249. The van der Waals surface area contributed by atoms with Crippen LogP contribution in [0.25, 0.3) is 10.8 Å². The fourth-order valence-electron chi connectivity index (χ4n) is 2.78. The summed E-state index contributed by atoms with van der Waals surface area (Å²) >= 11 is 0.394. The Bertz CT molecular complexity index is 833. The molecule has 0 spiro atoms.